The molecule has 0 aliphatic carbocycles. The molecule has 0 aliphatic heterocycles. The van der Waals surface area contributed by atoms with Crippen LogP contribution in [0.2, 0.25) is 0 Å². The van der Waals surface area contributed by atoms with Gasteiger partial charge in [0.25, 0.3) is 0 Å². The molecule has 1 heterocycles. The third-order valence-electron chi connectivity index (χ3n) is 2.40. The number of nitrogens with one attached hydrogen (secondary N) is 1. The Hall–Kier alpha value is -1.66. The lowest BCUT2D eigenvalue weighted by Crippen LogP contribution is -2.17. The first-order valence-corrected chi connectivity index (χ1v) is 6.20. The number of nitrogens with zero attached hydrogens (tertiary/aromatic N) is 2. The van der Waals surface area contributed by atoms with E-state index in [0.29, 0.717) is 16.4 Å². The van der Waals surface area contributed by atoms with Crippen molar-refractivity contribution < 1.29 is 5.11 Å². The molecule has 0 radical (unpaired) electrons. The summed E-state index contributed by atoms with van der Waals surface area (Å²) in [5.41, 5.74) is 6.59. The van der Waals surface area contributed by atoms with Gasteiger partial charge in [-0.2, -0.15) is 4.98 Å². The number of aromatic nitrogens is 2. The lowest BCUT2D eigenvalue weighted by atomic mass is 10.1. The normalized spacial score (nSPS) is 12.1. The van der Waals surface area contributed by atoms with Gasteiger partial charge in [0.15, 0.2) is 0 Å². The van der Waals surface area contributed by atoms with Crippen molar-refractivity contribution >= 4 is 27.7 Å². The fraction of sp³-hybridized carbons (Fsp3) is 0.167. The number of anilines is 2. The third kappa shape index (κ3) is 3.18. The van der Waals surface area contributed by atoms with Crippen LogP contribution in [0.15, 0.2) is 41.0 Å². The first kappa shape index (κ1) is 12.8. The fourth-order valence-electron chi connectivity index (χ4n) is 1.58. The molecule has 5 nitrogen and oxygen atoms in total. The zero-order valence-corrected chi connectivity index (χ0v) is 11.1. The maximum absolute atomic E-state index is 9.42. The van der Waals surface area contributed by atoms with Crippen molar-refractivity contribution in [2.24, 2.45) is 0 Å². The third-order valence-corrected chi connectivity index (χ3v) is 2.81. The molecule has 0 fully saturated rings. The van der Waals surface area contributed by atoms with E-state index in [1.165, 1.54) is 0 Å². The summed E-state index contributed by atoms with van der Waals surface area (Å²) in [6.45, 7) is -0.0558. The molecule has 1 unspecified atom stereocenters. The van der Waals surface area contributed by atoms with Gasteiger partial charge in [-0.3, -0.25) is 0 Å². The minimum absolute atomic E-state index is 0.0558. The van der Waals surface area contributed by atoms with Crippen molar-refractivity contribution in [2.45, 2.75) is 6.04 Å². The van der Waals surface area contributed by atoms with E-state index in [9.17, 15) is 5.11 Å². The number of benzene rings is 1. The Kier molecular flexibility index (Phi) is 4.11. The smallest absolute Gasteiger partial charge is 0.226 e. The van der Waals surface area contributed by atoms with Crippen LogP contribution >= 0.6 is 15.9 Å². The molecule has 94 valence electrons. The topological polar surface area (TPSA) is 84.1 Å². The highest BCUT2D eigenvalue weighted by atomic mass is 79.9. The van der Waals surface area contributed by atoms with E-state index in [0.717, 1.165) is 5.56 Å². The van der Waals surface area contributed by atoms with E-state index in [1.54, 1.807) is 6.07 Å². The van der Waals surface area contributed by atoms with Gasteiger partial charge in [-0.05, 0) is 21.5 Å². The Bertz CT molecular complexity index is 500. The number of halogens is 1. The number of aliphatic hydroxyl groups excluding tert-OH is 1. The average molecular weight is 309 g/mol. The summed E-state index contributed by atoms with van der Waals surface area (Å²) in [5, 5.41) is 12.5. The number of nitrogens with two attached hydrogens (primary N) is 1. The summed E-state index contributed by atoms with van der Waals surface area (Å²) >= 11 is 3.25. The van der Waals surface area contributed by atoms with Gasteiger partial charge in [0.1, 0.15) is 10.4 Å². The molecule has 1 aromatic carbocycles. The monoisotopic (exact) mass is 308 g/mol. The van der Waals surface area contributed by atoms with Crippen LogP contribution in [-0.2, 0) is 0 Å². The summed E-state index contributed by atoms with van der Waals surface area (Å²) in [6.07, 6.45) is 0. The van der Waals surface area contributed by atoms with Gasteiger partial charge in [0, 0.05) is 6.07 Å². The summed E-state index contributed by atoms with van der Waals surface area (Å²) in [4.78, 5) is 8.21. The Balaban J connectivity index is 2.20. The number of nitrogen functional groups attached to an aromatic ring is 1. The average Bonchev–Trinajstić information content (AvgIpc) is 2.36. The highest BCUT2D eigenvalue weighted by Gasteiger charge is 2.11. The molecular weight excluding hydrogens is 296 g/mol. The van der Waals surface area contributed by atoms with Gasteiger partial charge in [-0.1, -0.05) is 30.3 Å². The Morgan fingerprint density at radius 3 is 2.61 bits per heavy atom. The van der Waals surface area contributed by atoms with Crippen molar-refractivity contribution in [1.82, 2.24) is 9.97 Å². The largest absolute Gasteiger partial charge is 0.394 e. The van der Waals surface area contributed by atoms with Gasteiger partial charge in [-0.25, -0.2) is 4.98 Å². The Morgan fingerprint density at radius 1 is 1.28 bits per heavy atom. The first-order valence-electron chi connectivity index (χ1n) is 5.41. The predicted molar refractivity (Wildman–Crippen MR) is 74.0 cm³/mol. The number of aliphatic hydroxyl groups is 1. The van der Waals surface area contributed by atoms with E-state index >= 15 is 0 Å². The molecule has 0 saturated heterocycles. The number of rotatable bonds is 4. The van der Waals surface area contributed by atoms with E-state index in [4.69, 9.17) is 5.73 Å². The standard InChI is InChI=1S/C12H13BrN4O/c13-10-6-11(14)17-12(16-10)15-9(7-18)8-4-2-1-3-5-8/h1-6,9,18H,7H2,(H3,14,15,16,17). The summed E-state index contributed by atoms with van der Waals surface area (Å²) in [5.74, 6) is 0.744. The van der Waals surface area contributed by atoms with Crippen LogP contribution in [0.4, 0.5) is 11.8 Å². The Labute approximate surface area is 113 Å². The predicted octanol–water partition coefficient (Wildman–Crippen LogP) is 1.97. The molecule has 4 N–H and O–H groups in total. The van der Waals surface area contributed by atoms with Gasteiger partial charge in [-0.15, -0.1) is 0 Å². The molecule has 18 heavy (non-hydrogen) atoms. The van der Waals surface area contributed by atoms with Crippen molar-refractivity contribution in [1.29, 1.82) is 0 Å². The summed E-state index contributed by atoms with van der Waals surface area (Å²) in [6, 6.07) is 10.9. The van der Waals surface area contributed by atoms with Crippen LogP contribution in [-0.4, -0.2) is 21.7 Å². The van der Waals surface area contributed by atoms with E-state index in [2.05, 4.69) is 31.2 Å². The second-order valence-corrected chi connectivity index (χ2v) is 4.54. The maximum atomic E-state index is 9.42. The van der Waals surface area contributed by atoms with E-state index < -0.39 is 0 Å². The molecule has 0 spiro atoms. The first-order chi connectivity index (χ1) is 8.69. The zero-order chi connectivity index (χ0) is 13.0. The van der Waals surface area contributed by atoms with Gasteiger partial charge in [0.05, 0.1) is 12.6 Å². The molecule has 1 aromatic heterocycles. The van der Waals surface area contributed by atoms with Crippen LogP contribution in [0.5, 0.6) is 0 Å². The van der Waals surface area contributed by atoms with Crippen LogP contribution in [0, 0.1) is 0 Å². The van der Waals surface area contributed by atoms with Crippen molar-refractivity contribution in [3.8, 4) is 0 Å². The van der Waals surface area contributed by atoms with Crippen molar-refractivity contribution in [3.05, 3.63) is 46.6 Å². The van der Waals surface area contributed by atoms with Gasteiger partial charge in [0.2, 0.25) is 5.95 Å². The number of hydrogen-bond donors (Lipinski definition) is 3. The molecular formula is C12H13BrN4O. The molecule has 0 aliphatic rings. The Morgan fingerprint density at radius 2 is 2.00 bits per heavy atom. The molecule has 1 atom stereocenters. The summed E-state index contributed by atoms with van der Waals surface area (Å²) in [7, 11) is 0. The molecule has 6 heteroatoms. The highest BCUT2D eigenvalue weighted by molar-refractivity contribution is 9.10. The van der Waals surface area contributed by atoms with Crippen molar-refractivity contribution in [3.63, 3.8) is 0 Å². The van der Waals surface area contributed by atoms with Crippen LogP contribution in [0.25, 0.3) is 0 Å². The molecule has 0 bridgehead atoms. The van der Waals surface area contributed by atoms with Crippen molar-refractivity contribution in [2.75, 3.05) is 17.7 Å². The molecule has 2 aromatic rings. The second-order valence-electron chi connectivity index (χ2n) is 3.73. The van der Waals surface area contributed by atoms with Crippen LogP contribution in [0.3, 0.4) is 0 Å². The van der Waals surface area contributed by atoms with E-state index in [-0.39, 0.29) is 12.6 Å². The highest BCUT2D eigenvalue weighted by Crippen LogP contribution is 2.19. The zero-order valence-electron chi connectivity index (χ0n) is 9.55. The SMILES string of the molecule is Nc1cc(Br)nc(NC(CO)c2ccccc2)n1. The number of hydrogen-bond acceptors (Lipinski definition) is 5. The lowest BCUT2D eigenvalue weighted by molar-refractivity contribution is 0.276. The summed E-state index contributed by atoms with van der Waals surface area (Å²) < 4.78 is 0.599. The minimum Gasteiger partial charge on any atom is -0.394 e. The molecule has 0 saturated carbocycles. The molecule has 2 rings (SSSR count). The van der Waals surface area contributed by atoms with Gasteiger partial charge >= 0.3 is 0 Å². The van der Waals surface area contributed by atoms with Crippen LogP contribution in [0.1, 0.15) is 11.6 Å². The minimum atomic E-state index is -0.264. The second kappa shape index (κ2) is 5.79. The van der Waals surface area contributed by atoms with Crippen LogP contribution < -0.4 is 11.1 Å². The fourth-order valence-corrected chi connectivity index (χ4v) is 1.98. The van der Waals surface area contributed by atoms with Gasteiger partial charge < -0.3 is 16.2 Å². The maximum Gasteiger partial charge on any atom is 0.226 e. The molecule has 0 amide bonds. The lowest BCUT2D eigenvalue weighted by Gasteiger charge is -2.16. The van der Waals surface area contributed by atoms with E-state index in [1.807, 2.05) is 30.3 Å². The quantitative estimate of drug-likeness (QED) is 0.752.